The van der Waals surface area contributed by atoms with Crippen molar-refractivity contribution in [2.24, 2.45) is 11.8 Å². The number of esters is 1. The predicted molar refractivity (Wildman–Crippen MR) is 122 cm³/mol. The van der Waals surface area contributed by atoms with Crippen LogP contribution in [0.3, 0.4) is 0 Å². The van der Waals surface area contributed by atoms with E-state index < -0.39 is 11.2 Å². The molecule has 1 amide bonds. The molecule has 1 saturated carbocycles. The fraction of sp³-hybridized carbons (Fsp3) is 0.654. The van der Waals surface area contributed by atoms with Crippen LogP contribution in [0.2, 0.25) is 0 Å². The first-order chi connectivity index (χ1) is 15.5. The van der Waals surface area contributed by atoms with Gasteiger partial charge in [0.1, 0.15) is 17.0 Å². The Morgan fingerprint density at radius 3 is 2.42 bits per heavy atom. The summed E-state index contributed by atoms with van der Waals surface area (Å²) in [4.78, 5) is 39.4. The monoisotopic (exact) mass is 457 g/mol. The lowest BCUT2D eigenvalue weighted by Crippen LogP contribution is -2.53. The van der Waals surface area contributed by atoms with E-state index in [-0.39, 0.29) is 29.7 Å². The first-order valence-electron chi connectivity index (χ1n) is 11.9. The minimum atomic E-state index is -0.607. The summed E-state index contributed by atoms with van der Waals surface area (Å²) in [5.74, 6) is 0.684. The Balaban J connectivity index is 1.52. The molecule has 0 N–H and O–H groups in total. The summed E-state index contributed by atoms with van der Waals surface area (Å²) >= 11 is 0. The van der Waals surface area contributed by atoms with Gasteiger partial charge in [-0.25, -0.2) is 4.79 Å². The van der Waals surface area contributed by atoms with Gasteiger partial charge in [0.15, 0.2) is 5.78 Å². The molecule has 1 spiro atoms. The van der Waals surface area contributed by atoms with Crippen LogP contribution < -0.4 is 4.74 Å². The van der Waals surface area contributed by atoms with Gasteiger partial charge in [-0.05, 0) is 63.1 Å². The number of hydrogen-bond donors (Lipinski definition) is 0. The van der Waals surface area contributed by atoms with Gasteiger partial charge < -0.3 is 19.1 Å². The second-order valence-corrected chi connectivity index (χ2v) is 10.8. The van der Waals surface area contributed by atoms with Crippen molar-refractivity contribution in [1.29, 1.82) is 0 Å². The minimum Gasteiger partial charge on any atom is -0.486 e. The fourth-order valence-electron chi connectivity index (χ4n) is 5.18. The van der Waals surface area contributed by atoms with Gasteiger partial charge in [0.05, 0.1) is 25.0 Å². The number of hydrogen-bond acceptors (Lipinski definition) is 6. The average molecular weight is 458 g/mol. The molecule has 2 atom stereocenters. The molecule has 1 aromatic carbocycles. The number of ketones is 1. The second kappa shape index (κ2) is 8.65. The van der Waals surface area contributed by atoms with Crippen molar-refractivity contribution >= 4 is 17.8 Å². The SMILES string of the molecule is COC(=O)C(C)C(c1ccc2c(c1)OC1(CCN(C(=O)OC(C)(C)C)CC1)CC2=O)C1CC1. The highest BCUT2D eigenvalue weighted by Gasteiger charge is 2.45. The largest absolute Gasteiger partial charge is 0.486 e. The number of ether oxygens (including phenoxy) is 3. The Bertz CT molecular complexity index is 937. The van der Waals surface area contributed by atoms with Gasteiger partial charge in [0.25, 0.3) is 0 Å². The molecule has 2 fully saturated rings. The summed E-state index contributed by atoms with van der Waals surface area (Å²) in [5, 5.41) is 0. The van der Waals surface area contributed by atoms with Crippen LogP contribution in [-0.4, -0.2) is 54.1 Å². The normalized spacial score (nSPS) is 21.6. The van der Waals surface area contributed by atoms with Crippen LogP contribution in [0.5, 0.6) is 5.75 Å². The van der Waals surface area contributed by atoms with E-state index in [0.29, 0.717) is 49.6 Å². The van der Waals surface area contributed by atoms with Gasteiger partial charge in [-0.1, -0.05) is 13.0 Å². The number of rotatable bonds is 4. The third-order valence-corrected chi connectivity index (χ3v) is 7.07. The summed E-state index contributed by atoms with van der Waals surface area (Å²) in [6.07, 6.45) is 3.32. The number of amides is 1. The van der Waals surface area contributed by atoms with Crippen molar-refractivity contribution in [3.05, 3.63) is 29.3 Å². The van der Waals surface area contributed by atoms with Crippen LogP contribution in [0.4, 0.5) is 4.79 Å². The maximum absolute atomic E-state index is 13.0. The number of piperidine rings is 1. The molecule has 4 rings (SSSR count). The lowest BCUT2D eigenvalue weighted by molar-refractivity contribution is -0.145. The van der Waals surface area contributed by atoms with Crippen molar-refractivity contribution < 1.29 is 28.6 Å². The molecule has 1 saturated heterocycles. The number of methoxy groups -OCH3 is 1. The maximum atomic E-state index is 13.0. The zero-order chi connectivity index (χ0) is 24.0. The number of carbonyl (C=O) groups excluding carboxylic acids is 3. The van der Waals surface area contributed by atoms with Gasteiger partial charge in [0.2, 0.25) is 0 Å². The number of benzene rings is 1. The van der Waals surface area contributed by atoms with Crippen molar-refractivity contribution in [3.8, 4) is 5.75 Å². The molecule has 1 aromatic rings. The molecular weight excluding hydrogens is 422 g/mol. The van der Waals surface area contributed by atoms with Crippen molar-refractivity contribution in [1.82, 2.24) is 4.90 Å². The van der Waals surface area contributed by atoms with E-state index in [1.165, 1.54) is 7.11 Å². The summed E-state index contributed by atoms with van der Waals surface area (Å²) in [6, 6.07) is 5.76. The molecule has 33 heavy (non-hydrogen) atoms. The van der Waals surface area contributed by atoms with E-state index >= 15 is 0 Å². The van der Waals surface area contributed by atoms with E-state index in [1.54, 1.807) is 4.90 Å². The zero-order valence-corrected chi connectivity index (χ0v) is 20.3. The van der Waals surface area contributed by atoms with Crippen molar-refractivity contribution in [2.75, 3.05) is 20.2 Å². The molecule has 7 heteroatoms. The van der Waals surface area contributed by atoms with E-state index in [1.807, 2.05) is 45.9 Å². The van der Waals surface area contributed by atoms with Crippen LogP contribution in [0.15, 0.2) is 18.2 Å². The smallest absolute Gasteiger partial charge is 0.410 e. The molecule has 3 aliphatic rings. The third kappa shape index (κ3) is 5.02. The third-order valence-electron chi connectivity index (χ3n) is 7.07. The quantitative estimate of drug-likeness (QED) is 0.608. The second-order valence-electron chi connectivity index (χ2n) is 10.8. The molecule has 0 aromatic heterocycles. The first kappa shape index (κ1) is 23.6. The topological polar surface area (TPSA) is 82.1 Å². The molecule has 2 aliphatic heterocycles. The first-order valence-corrected chi connectivity index (χ1v) is 11.9. The van der Waals surface area contributed by atoms with Crippen LogP contribution in [-0.2, 0) is 14.3 Å². The Morgan fingerprint density at radius 2 is 1.85 bits per heavy atom. The molecule has 7 nitrogen and oxygen atoms in total. The average Bonchev–Trinajstić information content (AvgIpc) is 3.57. The number of fused-ring (bicyclic) bond motifs is 1. The standard InChI is InChI=1S/C26H35NO6/c1-16(23(29)31-5)22(17-6-7-17)18-8-9-19-20(28)15-26(32-21(19)14-18)10-12-27(13-11-26)24(30)33-25(2,3)4/h8-9,14,16-17,22H,6-7,10-13,15H2,1-5H3. The zero-order valence-electron chi connectivity index (χ0n) is 20.3. The summed E-state index contributed by atoms with van der Waals surface area (Å²) < 4.78 is 17.0. The van der Waals surface area contributed by atoms with Crippen LogP contribution in [0, 0.1) is 11.8 Å². The lowest BCUT2D eigenvalue weighted by Gasteiger charge is -2.44. The molecular formula is C26H35NO6. The number of Topliss-reactive ketones (excluding diaryl/α,β-unsaturated/α-hetero) is 1. The molecule has 2 unspecified atom stereocenters. The van der Waals surface area contributed by atoms with E-state index in [2.05, 4.69) is 0 Å². The minimum absolute atomic E-state index is 0.0494. The summed E-state index contributed by atoms with van der Waals surface area (Å²) in [5.41, 5.74) is 0.465. The highest BCUT2D eigenvalue weighted by atomic mass is 16.6. The van der Waals surface area contributed by atoms with Gasteiger partial charge in [0, 0.05) is 25.9 Å². The Kier molecular flexibility index (Phi) is 6.18. The van der Waals surface area contributed by atoms with Gasteiger partial charge in [-0.15, -0.1) is 0 Å². The fourth-order valence-corrected chi connectivity index (χ4v) is 5.18. The Hall–Kier alpha value is -2.57. The highest BCUT2D eigenvalue weighted by Crippen LogP contribution is 2.49. The van der Waals surface area contributed by atoms with E-state index in [9.17, 15) is 14.4 Å². The van der Waals surface area contributed by atoms with Crippen LogP contribution in [0.1, 0.15) is 81.6 Å². The highest BCUT2D eigenvalue weighted by molar-refractivity contribution is 6.00. The van der Waals surface area contributed by atoms with E-state index in [4.69, 9.17) is 14.2 Å². The lowest BCUT2D eigenvalue weighted by atomic mass is 9.80. The van der Waals surface area contributed by atoms with Gasteiger partial charge in [-0.2, -0.15) is 0 Å². The predicted octanol–water partition coefficient (Wildman–Crippen LogP) is 4.72. The number of likely N-dealkylation sites (tertiary alicyclic amines) is 1. The summed E-state index contributed by atoms with van der Waals surface area (Å²) in [6.45, 7) is 8.44. The van der Waals surface area contributed by atoms with E-state index in [0.717, 1.165) is 18.4 Å². The number of nitrogens with zero attached hydrogens (tertiary/aromatic N) is 1. The summed E-state index contributed by atoms with van der Waals surface area (Å²) in [7, 11) is 1.42. The van der Waals surface area contributed by atoms with Crippen LogP contribution in [0.25, 0.3) is 0 Å². The Morgan fingerprint density at radius 1 is 1.18 bits per heavy atom. The molecule has 180 valence electrons. The van der Waals surface area contributed by atoms with Crippen molar-refractivity contribution in [2.45, 2.75) is 76.9 Å². The van der Waals surface area contributed by atoms with Gasteiger partial charge in [-0.3, -0.25) is 9.59 Å². The molecule has 1 aliphatic carbocycles. The van der Waals surface area contributed by atoms with Crippen molar-refractivity contribution in [3.63, 3.8) is 0 Å². The maximum Gasteiger partial charge on any atom is 0.410 e. The molecule has 0 radical (unpaired) electrons. The van der Waals surface area contributed by atoms with Gasteiger partial charge >= 0.3 is 12.1 Å². The molecule has 2 heterocycles. The molecule has 0 bridgehead atoms. The Labute approximate surface area is 195 Å². The number of carbonyl (C=O) groups is 3. The van der Waals surface area contributed by atoms with Crippen LogP contribution >= 0.6 is 0 Å².